The van der Waals surface area contributed by atoms with Gasteiger partial charge in [0, 0.05) is 39.6 Å². The highest BCUT2D eigenvalue weighted by atomic mass is 16.2. The van der Waals surface area contributed by atoms with E-state index in [0.29, 0.717) is 43.7 Å². The number of nitrogens with zero attached hydrogens (tertiary/aromatic N) is 2. The van der Waals surface area contributed by atoms with Crippen molar-refractivity contribution in [3.8, 4) is 0 Å². The molecule has 2 aromatic rings. The Kier molecular flexibility index (Phi) is 7.06. The van der Waals surface area contributed by atoms with Crippen molar-refractivity contribution in [3.05, 3.63) is 65.7 Å². The first-order chi connectivity index (χ1) is 14.5. The van der Waals surface area contributed by atoms with E-state index in [0.717, 1.165) is 5.56 Å². The summed E-state index contributed by atoms with van der Waals surface area (Å²) in [7, 11) is 3.45. The molecule has 1 fully saturated rings. The molecule has 0 aromatic heterocycles. The molecule has 7 heteroatoms. The molecule has 0 saturated carbocycles. The number of benzene rings is 2. The van der Waals surface area contributed by atoms with Crippen molar-refractivity contribution in [2.24, 2.45) is 5.92 Å². The molecular formula is C23H28N4O3. The molecule has 0 aliphatic carbocycles. The molecule has 1 aliphatic heterocycles. The zero-order chi connectivity index (χ0) is 21.5. The average molecular weight is 409 g/mol. The Bertz CT molecular complexity index is 890. The monoisotopic (exact) mass is 408 g/mol. The van der Waals surface area contributed by atoms with Crippen molar-refractivity contribution in [2.75, 3.05) is 32.5 Å². The van der Waals surface area contributed by atoms with Gasteiger partial charge in [-0.1, -0.05) is 42.5 Å². The third-order valence-corrected chi connectivity index (χ3v) is 5.24. The summed E-state index contributed by atoms with van der Waals surface area (Å²) in [4.78, 5) is 40.8. The number of amides is 4. The van der Waals surface area contributed by atoms with E-state index in [-0.39, 0.29) is 23.8 Å². The Balaban J connectivity index is 1.58. The van der Waals surface area contributed by atoms with Gasteiger partial charge in [0.1, 0.15) is 0 Å². The van der Waals surface area contributed by atoms with E-state index in [9.17, 15) is 14.4 Å². The minimum atomic E-state index is -0.235. The van der Waals surface area contributed by atoms with Crippen LogP contribution in [0.15, 0.2) is 54.6 Å². The molecular weight excluding hydrogens is 380 g/mol. The Hall–Kier alpha value is -3.35. The van der Waals surface area contributed by atoms with Crippen molar-refractivity contribution in [1.82, 2.24) is 15.1 Å². The van der Waals surface area contributed by atoms with Crippen LogP contribution in [0.5, 0.6) is 0 Å². The molecule has 2 N–H and O–H groups in total. The summed E-state index contributed by atoms with van der Waals surface area (Å²) in [5.74, 6) is -0.534. The highest BCUT2D eigenvalue weighted by molar-refractivity contribution is 6.04. The van der Waals surface area contributed by atoms with Gasteiger partial charge in [-0.15, -0.1) is 0 Å². The number of urea groups is 1. The Labute approximate surface area is 177 Å². The second kappa shape index (κ2) is 9.91. The molecule has 1 aliphatic rings. The van der Waals surface area contributed by atoms with Crippen LogP contribution in [0.25, 0.3) is 0 Å². The summed E-state index contributed by atoms with van der Waals surface area (Å²) in [5.41, 5.74) is 1.94. The van der Waals surface area contributed by atoms with Crippen molar-refractivity contribution < 1.29 is 14.4 Å². The number of likely N-dealkylation sites (tertiary alicyclic amines) is 1. The predicted molar refractivity (Wildman–Crippen MR) is 116 cm³/mol. The summed E-state index contributed by atoms with van der Waals surface area (Å²) in [6.07, 6.45) is 1.21. The van der Waals surface area contributed by atoms with Crippen molar-refractivity contribution in [1.29, 1.82) is 0 Å². The molecule has 0 bridgehead atoms. The number of carbonyl (C=O) groups excluding carboxylic acids is 3. The topological polar surface area (TPSA) is 81.8 Å². The number of nitrogens with one attached hydrogen (secondary N) is 2. The molecule has 0 atom stereocenters. The maximum atomic E-state index is 12.8. The Morgan fingerprint density at radius 3 is 2.27 bits per heavy atom. The summed E-state index contributed by atoms with van der Waals surface area (Å²) in [6, 6.07) is 16.6. The van der Waals surface area contributed by atoms with Gasteiger partial charge in [0.05, 0.1) is 11.3 Å². The molecule has 3 rings (SSSR count). The predicted octanol–water partition coefficient (Wildman–Crippen LogP) is 2.95. The molecule has 1 saturated heterocycles. The van der Waals surface area contributed by atoms with Crippen molar-refractivity contribution >= 4 is 23.5 Å². The molecule has 30 heavy (non-hydrogen) atoms. The third-order valence-electron chi connectivity index (χ3n) is 5.24. The number of rotatable bonds is 5. The highest BCUT2D eigenvalue weighted by Crippen LogP contribution is 2.22. The van der Waals surface area contributed by atoms with Gasteiger partial charge in [-0.3, -0.25) is 9.59 Å². The number of hydrogen-bond acceptors (Lipinski definition) is 3. The molecule has 1 heterocycles. The van der Waals surface area contributed by atoms with E-state index in [4.69, 9.17) is 0 Å². The molecule has 158 valence electrons. The lowest BCUT2D eigenvalue weighted by molar-refractivity contribution is -0.121. The summed E-state index contributed by atoms with van der Waals surface area (Å²) in [5, 5.41) is 5.81. The van der Waals surface area contributed by atoms with Crippen LogP contribution in [0.1, 0.15) is 28.8 Å². The second-order valence-corrected chi connectivity index (χ2v) is 7.64. The minimum Gasteiger partial charge on any atom is -0.348 e. The fourth-order valence-corrected chi connectivity index (χ4v) is 3.51. The van der Waals surface area contributed by atoms with Crippen LogP contribution in [0.3, 0.4) is 0 Å². The van der Waals surface area contributed by atoms with E-state index < -0.39 is 0 Å². The molecule has 4 amide bonds. The van der Waals surface area contributed by atoms with Crippen molar-refractivity contribution in [2.45, 2.75) is 19.4 Å². The van der Waals surface area contributed by atoms with Crippen LogP contribution < -0.4 is 10.6 Å². The molecule has 0 radical (unpaired) electrons. The number of anilines is 1. The maximum absolute atomic E-state index is 12.8. The van der Waals surface area contributed by atoms with Gasteiger partial charge >= 0.3 is 6.03 Å². The minimum absolute atomic E-state index is 0.0331. The Morgan fingerprint density at radius 2 is 1.60 bits per heavy atom. The Morgan fingerprint density at radius 1 is 0.967 bits per heavy atom. The van der Waals surface area contributed by atoms with Crippen LogP contribution in [-0.4, -0.2) is 54.8 Å². The first-order valence-electron chi connectivity index (χ1n) is 10.1. The molecule has 0 unspecified atom stereocenters. The van der Waals surface area contributed by atoms with Gasteiger partial charge in [-0.05, 0) is 30.5 Å². The van der Waals surface area contributed by atoms with Gasteiger partial charge in [0.15, 0.2) is 0 Å². The first-order valence-corrected chi connectivity index (χ1v) is 10.1. The van der Waals surface area contributed by atoms with E-state index in [1.807, 2.05) is 30.3 Å². The lowest BCUT2D eigenvalue weighted by atomic mass is 9.95. The second-order valence-electron chi connectivity index (χ2n) is 7.64. The summed E-state index contributed by atoms with van der Waals surface area (Å²) in [6.45, 7) is 1.52. The van der Waals surface area contributed by atoms with Crippen molar-refractivity contribution in [3.63, 3.8) is 0 Å². The van der Waals surface area contributed by atoms with Crippen LogP contribution in [0, 0.1) is 5.92 Å². The smallest absolute Gasteiger partial charge is 0.319 e. The highest BCUT2D eigenvalue weighted by Gasteiger charge is 2.28. The van der Waals surface area contributed by atoms with Gasteiger partial charge in [-0.2, -0.15) is 0 Å². The van der Waals surface area contributed by atoms with E-state index in [1.54, 1.807) is 48.2 Å². The number of carbonyl (C=O) groups is 3. The summed E-state index contributed by atoms with van der Waals surface area (Å²) >= 11 is 0. The zero-order valence-electron chi connectivity index (χ0n) is 17.4. The normalized spacial score (nSPS) is 14.1. The largest absolute Gasteiger partial charge is 0.348 e. The van der Waals surface area contributed by atoms with Crippen LogP contribution in [0.2, 0.25) is 0 Å². The van der Waals surface area contributed by atoms with Gasteiger partial charge in [0.25, 0.3) is 5.91 Å². The van der Waals surface area contributed by atoms with E-state index in [1.165, 1.54) is 0 Å². The van der Waals surface area contributed by atoms with Gasteiger partial charge in [-0.25, -0.2) is 4.79 Å². The number of hydrogen-bond donors (Lipinski definition) is 2. The molecule has 2 aromatic carbocycles. The van der Waals surface area contributed by atoms with Crippen LogP contribution >= 0.6 is 0 Å². The fourth-order valence-electron chi connectivity index (χ4n) is 3.51. The van der Waals surface area contributed by atoms with Gasteiger partial charge < -0.3 is 20.4 Å². The molecule has 7 nitrogen and oxygen atoms in total. The quantitative estimate of drug-likeness (QED) is 0.798. The standard InChI is InChI=1S/C23H28N4O3/c1-26(2)23(30)27-14-12-18(13-15-27)21(28)25-20-11-7-6-10-19(20)22(29)24-16-17-8-4-3-5-9-17/h3-11,18H,12-16H2,1-2H3,(H,24,29)(H,25,28). The fraction of sp³-hybridized carbons (Fsp3) is 0.348. The maximum Gasteiger partial charge on any atom is 0.319 e. The SMILES string of the molecule is CN(C)C(=O)N1CCC(C(=O)Nc2ccccc2C(=O)NCc2ccccc2)CC1. The van der Waals surface area contributed by atoms with Crippen LogP contribution in [-0.2, 0) is 11.3 Å². The average Bonchev–Trinajstić information content (AvgIpc) is 2.78. The number of para-hydroxylation sites is 1. The van der Waals surface area contributed by atoms with Gasteiger partial charge in [0.2, 0.25) is 5.91 Å². The number of piperidine rings is 1. The lowest BCUT2D eigenvalue weighted by Gasteiger charge is -2.33. The third kappa shape index (κ3) is 5.37. The van der Waals surface area contributed by atoms with Crippen LogP contribution in [0.4, 0.5) is 10.5 Å². The molecule has 0 spiro atoms. The van der Waals surface area contributed by atoms with E-state index >= 15 is 0 Å². The summed E-state index contributed by atoms with van der Waals surface area (Å²) < 4.78 is 0. The first kappa shape index (κ1) is 21.4. The zero-order valence-corrected chi connectivity index (χ0v) is 17.4. The lowest BCUT2D eigenvalue weighted by Crippen LogP contribution is -2.45. The van der Waals surface area contributed by atoms with E-state index in [2.05, 4.69) is 10.6 Å².